The summed E-state index contributed by atoms with van der Waals surface area (Å²) in [6.45, 7) is 2.03. The number of phenolic OH excluding ortho intramolecular Hbond substituents is 1. The molecule has 0 amide bonds. The molecular weight excluding hydrogens is 242 g/mol. The van der Waals surface area contributed by atoms with Crippen LogP contribution < -0.4 is 15.2 Å². The molecule has 0 saturated carbocycles. The van der Waals surface area contributed by atoms with Crippen molar-refractivity contribution in [1.82, 2.24) is 0 Å². The number of methoxy groups -OCH3 is 2. The molecule has 3 N–H and O–H groups in total. The molecule has 0 bridgehead atoms. The number of benzene rings is 1. The summed E-state index contributed by atoms with van der Waals surface area (Å²) in [6.07, 6.45) is 1.55. The summed E-state index contributed by atoms with van der Waals surface area (Å²) in [6, 6.07) is 3.20. The molecule has 5 heteroatoms. The zero-order valence-corrected chi connectivity index (χ0v) is 11.2. The summed E-state index contributed by atoms with van der Waals surface area (Å²) in [4.78, 5) is 0. The third kappa shape index (κ3) is 3.98. The summed E-state index contributed by atoms with van der Waals surface area (Å²) in [5, 5.41) is 9.48. The molecule has 0 fully saturated rings. The standard InChI is InChI=1S/C12H19NO3.ClH/c1-4-8(13)5-10-11(15-2)6-9(14)7-12(10)16-3;/h6-8,14H,4-5,13H2,1-3H3;1H. The maximum absolute atomic E-state index is 9.48. The van der Waals surface area contributed by atoms with Gasteiger partial charge in [-0.05, 0) is 12.8 Å². The average Bonchev–Trinajstić information content (AvgIpc) is 2.30. The highest BCUT2D eigenvalue weighted by Gasteiger charge is 2.14. The van der Waals surface area contributed by atoms with Gasteiger partial charge in [-0.2, -0.15) is 0 Å². The molecule has 1 unspecified atom stereocenters. The zero-order valence-electron chi connectivity index (χ0n) is 10.4. The highest BCUT2D eigenvalue weighted by molar-refractivity contribution is 5.85. The van der Waals surface area contributed by atoms with Gasteiger partial charge in [-0.15, -0.1) is 12.4 Å². The van der Waals surface area contributed by atoms with Gasteiger partial charge in [0.2, 0.25) is 0 Å². The molecule has 0 aliphatic heterocycles. The molecule has 98 valence electrons. The van der Waals surface area contributed by atoms with Crippen molar-refractivity contribution >= 4 is 12.4 Å². The van der Waals surface area contributed by atoms with Gasteiger partial charge in [0.25, 0.3) is 0 Å². The predicted octanol–water partition coefficient (Wildman–Crippen LogP) is 2.11. The average molecular weight is 262 g/mol. The van der Waals surface area contributed by atoms with Gasteiger partial charge in [0.15, 0.2) is 0 Å². The molecule has 4 nitrogen and oxygen atoms in total. The Morgan fingerprint density at radius 1 is 1.24 bits per heavy atom. The Bertz CT molecular complexity index is 333. The SMILES string of the molecule is CCC(N)Cc1c(OC)cc(O)cc1OC.Cl. The molecule has 1 aromatic carbocycles. The van der Waals surface area contributed by atoms with Crippen LogP contribution in [0.25, 0.3) is 0 Å². The molecule has 0 heterocycles. The molecule has 1 rings (SSSR count). The topological polar surface area (TPSA) is 64.7 Å². The third-order valence-corrected chi connectivity index (χ3v) is 2.58. The van der Waals surface area contributed by atoms with Crippen molar-refractivity contribution in [2.45, 2.75) is 25.8 Å². The van der Waals surface area contributed by atoms with Gasteiger partial charge in [-0.3, -0.25) is 0 Å². The summed E-state index contributed by atoms with van der Waals surface area (Å²) in [5.41, 5.74) is 6.82. The van der Waals surface area contributed by atoms with Gasteiger partial charge >= 0.3 is 0 Å². The Balaban J connectivity index is 0.00000256. The largest absolute Gasteiger partial charge is 0.508 e. The molecular formula is C12H20ClNO3. The second-order valence-electron chi connectivity index (χ2n) is 3.70. The normalized spacial score (nSPS) is 11.5. The van der Waals surface area contributed by atoms with Crippen LogP contribution >= 0.6 is 12.4 Å². The van der Waals surface area contributed by atoms with Crippen LogP contribution in [0.3, 0.4) is 0 Å². The fourth-order valence-electron chi connectivity index (χ4n) is 1.58. The molecule has 0 aliphatic rings. The second kappa shape index (κ2) is 7.25. The van der Waals surface area contributed by atoms with Gasteiger partial charge in [0.1, 0.15) is 17.2 Å². The maximum Gasteiger partial charge on any atom is 0.129 e. The Kier molecular flexibility index (Phi) is 6.76. The van der Waals surface area contributed by atoms with Gasteiger partial charge < -0.3 is 20.3 Å². The van der Waals surface area contributed by atoms with Crippen LogP contribution in [-0.4, -0.2) is 25.4 Å². The molecule has 0 spiro atoms. The molecule has 0 radical (unpaired) electrons. The Hall–Kier alpha value is -1.13. The number of nitrogens with two attached hydrogens (primary N) is 1. The maximum atomic E-state index is 9.48. The van der Waals surface area contributed by atoms with Gasteiger partial charge in [0, 0.05) is 23.7 Å². The molecule has 0 saturated heterocycles. The molecule has 1 aromatic rings. The minimum absolute atomic E-state index is 0. The summed E-state index contributed by atoms with van der Waals surface area (Å²) in [5.74, 6) is 1.35. The number of ether oxygens (including phenoxy) is 2. The van der Waals surface area contributed by atoms with E-state index in [2.05, 4.69) is 0 Å². The first-order valence-electron chi connectivity index (χ1n) is 5.31. The van der Waals surface area contributed by atoms with Crippen LogP contribution in [0.1, 0.15) is 18.9 Å². The van der Waals surface area contributed by atoms with E-state index < -0.39 is 0 Å². The van der Waals surface area contributed by atoms with Gasteiger partial charge in [-0.1, -0.05) is 6.92 Å². The number of aromatic hydroxyl groups is 1. The van der Waals surface area contributed by atoms with Crippen LogP contribution in [0.5, 0.6) is 17.2 Å². The highest BCUT2D eigenvalue weighted by atomic mass is 35.5. The van der Waals surface area contributed by atoms with Crippen molar-refractivity contribution in [1.29, 1.82) is 0 Å². The van der Waals surface area contributed by atoms with Gasteiger partial charge in [-0.25, -0.2) is 0 Å². The van der Waals surface area contributed by atoms with E-state index >= 15 is 0 Å². The first-order valence-corrected chi connectivity index (χ1v) is 5.31. The number of hydrogen-bond donors (Lipinski definition) is 2. The van der Waals surface area contributed by atoms with E-state index in [4.69, 9.17) is 15.2 Å². The van der Waals surface area contributed by atoms with Crippen LogP contribution in [0.2, 0.25) is 0 Å². The van der Waals surface area contributed by atoms with Crippen LogP contribution in [0, 0.1) is 0 Å². The van der Waals surface area contributed by atoms with Gasteiger partial charge in [0.05, 0.1) is 14.2 Å². The van der Waals surface area contributed by atoms with Crippen LogP contribution in [0.15, 0.2) is 12.1 Å². The van der Waals surface area contributed by atoms with E-state index in [1.165, 1.54) is 0 Å². The fourth-order valence-corrected chi connectivity index (χ4v) is 1.58. The predicted molar refractivity (Wildman–Crippen MR) is 70.4 cm³/mol. The zero-order chi connectivity index (χ0) is 12.1. The highest BCUT2D eigenvalue weighted by Crippen LogP contribution is 2.34. The van der Waals surface area contributed by atoms with Crippen molar-refractivity contribution in [3.05, 3.63) is 17.7 Å². The second-order valence-corrected chi connectivity index (χ2v) is 3.70. The molecule has 17 heavy (non-hydrogen) atoms. The van der Waals surface area contributed by atoms with Crippen LogP contribution in [-0.2, 0) is 6.42 Å². The minimum Gasteiger partial charge on any atom is -0.508 e. The Morgan fingerprint density at radius 3 is 2.06 bits per heavy atom. The van der Waals surface area contributed by atoms with Crippen molar-refractivity contribution < 1.29 is 14.6 Å². The summed E-state index contributed by atoms with van der Waals surface area (Å²) in [7, 11) is 3.13. The molecule has 1 atom stereocenters. The summed E-state index contributed by atoms with van der Waals surface area (Å²) < 4.78 is 10.4. The van der Waals surface area contributed by atoms with E-state index in [1.54, 1.807) is 26.4 Å². The lowest BCUT2D eigenvalue weighted by molar-refractivity contribution is 0.374. The first kappa shape index (κ1) is 15.9. The van der Waals surface area contributed by atoms with Crippen molar-refractivity contribution in [2.24, 2.45) is 5.73 Å². The number of halogens is 1. The van der Waals surface area contributed by atoms with E-state index in [-0.39, 0.29) is 24.2 Å². The van der Waals surface area contributed by atoms with Crippen molar-refractivity contribution in [3.63, 3.8) is 0 Å². The third-order valence-electron chi connectivity index (χ3n) is 2.58. The molecule has 0 aromatic heterocycles. The van der Waals surface area contributed by atoms with E-state index in [0.717, 1.165) is 12.0 Å². The number of hydrogen-bond acceptors (Lipinski definition) is 4. The Morgan fingerprint density at radius 2 is 1.71 bits per heavy atom. The van der Waals surface area contributed by atoms with E-state index in [9.17, 15) is 5.11 Å². The first-order chi connectivity index (χ1) is 7.62. The monoisotopic (exact) mass is 261 g/mol. The fraction of sp³-hybridized carbons (Fsp3) is 0.500. The van der Waals surface area contributed by atoms with E-state index in [1.807, 2.05) is 6.92 Å². The number of phenols is 1. The lowest BCUT2D eigenvalue weighted by atomic mass is 10.0. The lowest BCUT2D eigenvalue weighted by Gasteiger charge is -2.16. The minimum atomic E-state index is 0. The lowest BCUT2D eigenvalue weighted by Crippen LogP contribution is -2.22. The van der Waals surface area contributed by atoms with Crippen LogP contribution in [0.4, 0.5) is 0 Å². The van der Waals surface area contributed by atoms with Crippen molar-refractivity contribution in [3.8, 4) is 17.2 Å². The summed E-state index contributed by atoms with van der Waals surface area (Å²) >= 11 is 0. The molecule has 0 aliphatic carbocycles. The van der Waals surface area contributed by atoms with E-state index in [0.29, 0.717) is 17.9 Å². The Labute approximate surface area is 108 Å². The number of rotatable bonds is 5. The quantitative estimate of drug-likeness (QED) is 0.852. The smallest absolute Gasteiger partial charge is 0.129 e. The van der Waals surface area contributed by atoms with Crippen molar-refractivity contribution in [2.75, 3.05) is 14.2 Å².